The van der Waals surface area contributed by atoms with E-state index in [-0.39, 0.29) is 12.4 Å². The van der Waals surface area contributed by atoms with E-state index in [4.69, 9.17) is 0 Å². The Bertz CT molecular complexity index is 573. The van der Waals surface area contributed by atoms with Gasteiger partial charge in [-0.05, 0) is 11.6 Å². The molecule has 0 spiro atoms. The number of pyridine rings is 1. The molecule has 1 aliphatic rings. The van der Waals surface area contributed by atoms with Gasteiger partial charge in [0.15, 0.2) is 0 Å². The highest BCUT2D eigenvalue weighted by Crippen LogP contribution is 2.27. The van der Waals surface area contributed by atoms with Crippen molar-refractivity contribution in [3.05, 3.63) is 46.2 Å². The highest BCUT2D eigenvalue weighted by molar-refractivity contribution is 7.11. The van der Waals surface area contributed by atoms with E-state index in [1.165, 1.54) is 15.4 Å². The number of nitrogens with zero attached hydrogens (tertiary/aromatic N) is 3. The van der Waals surface area contributed by atoms with Crippen molar-refractivity contribution in [2.45, 2.75) is 32.4 Å². The van der Waals surface area contributed by atoms with Gasteiger partial charge < -0.3 is 5.32 Å². The van der Waals surface area contributed by atoms with Gasteiger partial charge in [0.25, 0.3) is 0 Å². The number of thiazole rings is 1. The SMILES string of the molecule is CC(C)c1ncc(CN2CCNCC2c2cccnc2)s1.Cl. The third-order valence-corrected chi connectivity index (χ3v) is 5.13. The minimum atomic E-state index is 0. The Labute approximate surface area is 142 Å². The Morgan fingerprint density at radius 3 is 2.95 bits per heavy atom. The molecule has 0 saturated carbocycles. The zero-order valence-corrected chi connectivity index (χ0v) is 14.7. The van der Waals surface area contributed by atoms with E-state index in [1.54, 1.807) is 0 Å². The van der Waals surface area contributed by atoms with Crippen molar-refractivity contribution in [3.8, 4) is 0 Å². The Morgan fingerprint density at radius 2 is 2.27 bits per heavy atom. The molecule has 2 aromatic rings. The lowest BCUT2D eigenvalue weighted by molar-refractivity contribution is 0.155. The van der Waals surface area contributed by atoms with Gasteiger partial charge in [-0.15, -0.1) is 23.7 Å². The molecule has 0 bridgehead atoms. The molecule has 0 amide bonds. The maximum absolute atomic E-state index is 4.54. The van der Waals surface area contributed by atoms with Crippen LogP contribution in [-0.4, -0.2) is 34.5 Å². The second-order valence-electron chi connectivity index (χ2n) is 5.80. The van der Waals surface area contributed by atoms with Crippen molar-refractivity contribution in [3.63, 3.8) is 0 Å². The number of piperazine rings is 1. The smallest absolute Gasteiger partial charge is 0.0953 e. The fraction of sp³-hybridized carbons (Fsp3) is 0.500. The van der Waals surface area contributed by atoms with Gasteiger partial charge in [0.2, 0.25) is 0 Å². The van der Waals surface area contributed by atoms with Crippen molar-refractivity contribution in [2.75, 3.05) is 19.6 Å². The fourth-order valence-electron chi connectivity index (χ4n) is 2.70. The van der Waals surface area contributed by atoms with Gasteiger partial charge in [0.1, 0.15) is 0 Å². The molecule has 0 aromatic carbocycles. The predicted molar refractivity (Wildman–Crippen MR) is 93.7 cm³/mol. The number of nitrogens with one attached hydrogen (secondary N) is 1. The minimum Gasteiger partial charge on any atom is -0.314 e. The summed E-state index contributed by atoms with van der Waals surface area (Å²) in [5, 5.41) is 4.73. The molecule has 6 heteroatoms. The number of hydrogen-bond acceptors (Lipinski definition) is 5. The summed E-state index contributed by atoms with van der Waals surface area (Å²) in [7, 11) is 0. The first-order valence-electron chi connectivity index (χ1n) is 7.53. The first-order chi connectivity index (χ1) is 10.2. The molecule has 1 N–H and O–H groups in total. The molecule has 0 radical (unpaired) electrons. The third-order valence-electron chi connectivity index (χ3n) is 3.85. The van der Waals surface area contributed by atoms with Crippen molar-refractivity contribution in [1.29, 1.82) is 0 Å². The molecular formula is C16H23ClN4S. The Morgan fingerprint density at radius 1 is 1.41 bits per heavy atom. The summed E-state index contributed by atoms with van der Waals surface area (Å²) in [5.41, 5.74) is 1.29. The Kier molecular flexibility index (Phi) is 6.32. The summed E-state index contributed by atoms with van der Waals surface area (Å²) in [6.45, 7) is 8.48. The van der Waals surface area contributed by atoms with E-state index in [0.717, 1.165) is 26.2 Å². The maximum atomic E-state index is 4.54. The van der Waals surface area contributed by atoms with E-state index >= 15 is 0 Å². The van der Waals surface area contributed by atoms with E-state index in [9.17, 15) is 0 Å². The van der Waals surface area contributed by atoms with E-state index in [0.29, 0.717) is 12.0 Å². The Hall–Kier alpha value is -1.01. The highest BCUT2D eigenvalue weighted by atomic mass is 35.5. The lowest BCUT2D eigenvalue weighted by Crippen LogP contribution is -2.45. The average Bonchev–Trinajstić information content (AvgIpc) is 2.98. The quantitative estimate of drug-likeness (QED) is 0.929. The number of aromatic nitrogens is 2. The van der Waals surface area contributed by atoms with E-state index in [2.05, 4.69) is 40.1 Å². The van der Waals surface area contributed by atoms with Crippen LogP contribution < -0.4 is 5.32 Å². The van der Waals surface area contributed by atoms with Gasteiger partial charge in [-0.1, -0.05) is 19.9 Å². The van der Waals surface area contributed by atoms with Gasteiger partial charge in [-0.3, -0.25) is 9.88 Å². The summed E-state index contributed by atoms with van der Waals surface area (Å²) in [4.78, 5) is 12.7. The van der Waals surface area contributed by atoms with Crippen LogP contribution in [0.2, 0.25) is 0 Å². The average molecular weight is 339 g/mol. The molecule has 1 atom stereocenters. The molecule has 120 valence electrons. The van der Waals surface area contributed by atoms with Gasteiger partial charge in [0, 0.05) is 61.6 Å². The number of halogens is 1. The molecule has 4 nitrogen and oxygen atoms in total. The molecule has 0 aliphatic carbocycles. The highest BCUT2D eigenvalue weighted by Gasteiger charge is 2.24. The molecule has 22 heavy (non-hydrogen) atoms. The zero-order chi connectivity index (χ0) is 14.7. The fourth-order valence-corrected chi connectivity index (χ4v) is 3.65. The topological polar surface area (TPSA) is 41.1 Å². The normalized spacial score (nSPS) is 19.1. The zero-order valence-electron chi connectivity index (χ0n) is 13.0. The van der Waals surface area contributed by atoms with Crippen LogP contribution in [0.15, 0.2) is 30.7 Å². The number of hydrogen-bond donors (Lipinski definition) is 1. The van der Waals surface area contributed by atoms with Crippen LogP contribution in [0.25, 0.3) is 0 Å². The summed E-state index contributed by atoms with van der Waals surface area (Å²) in [5.74, 6) is 0.515. The summed E-state index contributed by atoms with van der Waals surface area (Å²) in [6.07, 6.45) is 5.86. The van der Waals surface area contributed by atoms with Crippen molar-refractivity contribution in [1.82, 2.24) is 20.2 Å². The molecule has 3 heterocycles. The molecule has 1 saturated heterocycles. The minimum absolute atomic E-state index is 0. The molecule has 1 unspecified atom stereocenters. The largest absolute Gasteiger partial charge is 0.314 e. The molecule has 1 aliphatic heterocycles. The van der Waals surface area contributed by atoms with Gasteiger partial charge in [0.05, 0.1) is 5.01 Å². The molecule has 1 fully saturated rings. The van der Waals surface area contributed by atoms with Gasteiger partial charge in [-0.25, -0.2) is 4.98 Å². The standard InChI is InChI=1S/C16H22N4S.ClH/c1-12(2)16-19-9-14(21-16)11-20-7-6-18-10-15(20)13-4-3-5-17-8-13;/h3-5,8-9,12,15,18H,6-7,10-11H2,1-2H3;1H. The molecule has 3 rings (SSSR count). The van der Waals surface area contributed by atoms with Crippen LogP contribution in [0, 0.1) is 0 Å². The molecular weight excluding hydrogens is 316 g/mol. The number of rotatable bonds is 4. The van der Waals surface area contributed by atoms with Gasteiger partial charge in [-0.2, -0.15) is 0 Å². The predicted octanol–water partition coefficient (Wildman–Crippen LogP) is 3.23. The second kappa shape index (κ2) is 8.02. The van der Waals surface area contributed by atoms with Crippen LogP contribution in [0.1, 0.15) is 41.3 Å². The first-order valence-corrected chi connectivity index (χ1v) is 8.35. The first kappa shape index (κ1) is 17.3. The van der Waals surface area contributed by atoms with Crippen LogP contribution in [0.5, 0.6) is 0 Å². The van der Waals surface area contributed by atoms with Crippen LogP contribution in [0.3, 0.4) is 0 Å². The summed E-state index contributed by atoms with van der Waals surface area (Å²) >= 11 is 1.84. The van der Waals surface area contributed by atoms with E-state index in [1.807, 2.05) is 36.0 Å². The summed E-state index contributed by atoms with van der Waals surface area (Å²) in [6, 6.07) is 4.59. The maximum Gasteiger partial charge on any atom is 0.0953 e. The monoisotopic (exact) mass is 338 g/mol. The van der Waals surface area contributed by atoms with Crippen LogP contribution in [0.4, 0.5) is 0 Å². The molecule has 2 aromatic heterocycles. The van der Waals surface area contributed by atoms with Crippen LogP contribution >= 0.6 is 23.7 Å². The lowest BCUT2D eigenvalue weighted by atomic mass is 10.1. The second-order valence-corrected chi connectivity index (χ2v) is 6.94. The lowest BCUT2D eigenvalue weighted by Gasteiger charge is -2.36. The summed E-state index contributed by atoms with van der Waals surface area (Å²) < 4.78 is 0. The van der Waals surface area contributed by atoms with Gasteiger partial charge >= 0.3 is 0 Å². The Balaban J connectivity index is 0.00000176. The van der Waals surface area contributed by atoms with Crippen molar-refractivity contribution >= 4 is 23.7 Å². The van der Waals surface area contributed by atoms with E-state index < -0.39 is 0 Å². The van der Waals surface area contributed by atoms with Crippen molar-refractivity contribution in [2.24, 2.45) is 0 Å². The third kappa shape index (κ3) is 4.04. The van der Waals surface area contributed by atoms with Crippen LogP contribution in [-0.2, 0) is 6.54 Å². The van der Waals surface area contributed by atoms with Crippen molar-refractivity contribution < 1.29 is 0 Å².